The molecule has 0 saturated carbocycles. The molecule has 90 valence electrons. The molecule has 1 aromatic heterocycles. The largest absolute Gasteiger partial charge is 0.496 e. The minimum atomic E-state index is 0.664. The van der Waals surface area contributed by atoms with Crippen LogP contribution < -0.4 is 10.1 Å². The molecular formula is C12H13ClN2OS. The van der Waals surface area contributed by atoms with E-state index >= 15 is 0 Å². The summed E-state index contributed by atoms with van der Waals surface area (Å²) >= 11 is 7.58. The first-order valence-electron chi connectivity index (χ1n) is 5.18. The second-order valence-corrected chi connectivity index (χ2v) is 5.06. The van der Waals surface area contributed by atoms with Gasteiger partial charge in [0.05, 0.1) is 12.7 Å². The topological polar surface area (TPSA) is 34.2 Å². The molecule has 0 spiro atoms. The molecule has 0 aliphatic rings. The van der Waals surface area contributed by atoms with Crippen LogP contribution in [0.4, 0.5) is 0 Å². The van der Waals surface area contributed by atoms with Gasteiger partial charge in [-0.05, 0) is 25.2 Å². The van der Waals surface area contributed by atoms with Gasteiger partial charge in [-0.25, -0.2) is 4.98 Å². The molecule has 1 heterocycles. The molecule has 0 aliphatic heterocycles. The number of rotatable bonds is 4. The Balaban J connectivity index is 2.37. The van der Waals surface area contributed by atoms with Crippen molar-refractivity contribution < 1.29 is 4.74 Å². The zero-order chi connectivity index (χ0) is 12.3. The summed E-state index contributed by atoms with van der Waals surface area (Å²) in [6, 6.07) is 5.58. The normalized spacial score (nSPS) is 10.5. The number of nitrogens with one attached hydrogen (secondary N) is 1. The van der Waals surface area contributed by atoms with E-state index < -0.39 is 0 Å². The summed E-state index contributed by atoms with van der Waals surface area (Å²) < 4.78 is 5.32. The van der Waals surface area contributed by atoms with Crippen molar-refractivity contribution in [1.82, 2.24) is 10.3 Å². The second kappa shape index (κ2) is 5.49. The van der Waals surface area contributed by atoms with E-state index in [9.17, 15) is 0 Å². The highest BCUT2D eigenvalue weighted by atomic mass is 35.5. The minimum absolute atomic E-state index is 0.664. The van der Waals surface area contributed by atoms with Crippen molar-refractivity contribution in [2.24, 2.45) is 0 Å². The van der Waals surface area contributed by atoms with Gasteiger partial charge in [-0.15, -0.1) is 11.3 Å². The number of nitrogens with zero attached hydrogens (tertiary/aromatic N) is 1. The fraction of sp³-hybridized carbons (Fsp3) is 0.250. The molecule has 0 atom stereocenters. The highest BCUT2D eigenvalue weighted by Crippen LogP contribution is 2.34. The molecule has 0 fully saturated rings. The Morgan fingerprint density at radius 1 is 1.47 bits per heavy atom. The zero-order valence-electron chi connectivity index (χ0n) is 9.66. The van der Waals surface area contributed by atoms with Crippen molar-refractivity contribution in [2.45, 2.75) is 6.54 Å². The van der Waals surface area contributed by atoms with Gasteiger partial charge in [0, 0.05) is 22.6 Å². The second-order valence-electron chi connectivity index (χ2n) is 3.51. The molecule has 0 amide bonds. The van der Waals surface area contributed by atoms with Gasteiger partial charge in [-0.3, -0.25) is 0 Å². The number of thiazole rings is 1. The minimum Gasteiger partial charge on any atom is -0.496 e. The summed E-state index contributed by atoms with van der Waals surface area (Å²) in [6.07, 6.45) is 1.88. The van der Waals surface area contributed by atoms with Crippen LogP contribution in [-0.2, 0) is 6.54 Å². The summed E-state index contributed by atoms with van der Waals surface area (Å²) in [7, 11) is 3.56. The quantitative estimate of drug-likeness (QED) is 0.925. The van der Waals surface area contributed by atoms with Gasteiger partial charge in [-0.1, -0.05) is 11.6 Å². The van der Waals surface area contributed by atoms with Gasteiger partial charge in [-0.2, -0.15) is 0 Å². The number of aromatic nitrogens is 1. The lowest BCUT2D eigenvalue weighted by Gasteiger charge is -2.05. The fourth-order valence-electron chi connectivity index (χ4n) is 1.53. The molecule has 0 saturated heterocycles. The third-order valence-corrected chi connectivity index (χ3v) is 3.56. The number of ether oxygens (including phenoxy) is 1. The summed E-state index contributed by atoms with van der Waals surface area (Å²) in [5.41, 5.74) is 0.976. The van der Waals surface area contributed by atoms with Crippen molar-refractivity contribution in [3.05, 3.63) is 34.3 Å². The maximum atomic E-state index is 5.93. The van der Waals surface area contributed by atoms with Crippen LogP contribution >= 0.6 is 22.9 Å². The van der Waals surface area contributed by atoms with Crippen LogP contribution in [0, 0.1) is 0 Å². The number of methoxy groups -OCH3 is 1. The van der Waals surface area contributed by atoms with Gasteiger partial charge >= 0.3 is 0 Å². The van der Waals surface area contributed by atoms with Crippen LogP contribution in [0.2, 0.25) is 5.02 Å². The molecule has 0 bridgehead atoms. The average Bonchev–Trinajstić information content (AvgIpc) is 2.78. The van der Waals surface area contributed by atoms with Crippen LogP contribution in [0.25, 0.3) is 10.6 Å². The lowest BCUT2D eigenvalue weighted by Crippen LogP contribution is -2.02. The van der Waals surface area contributed by atoms with E-state index in [4.69, 9.17) is 16.3 Å². The molecule has 1 N–H and O–H groups in total. The van der Waals surface area contributed by atoms with Crippen molar-refractivity contribution in [3.8, 4) is 16.3 Å². The number of halogens is 1. The maximum absolute atomic E-state index is 5.93. The standard InChI is InChI=1S/C12H13ClN2OS/c1-14-6-9-7-15-12(17-9)10-4-3-8(13)5-11(10)16-2/h3-5,7,14H,6H2,1-2H3. The number of benzene rings is 1. The molecular weight excluding hydrogens is 256 g/mol. The number of hydrogen-bond acceptors (Lipinski definition) is 4. The first-order chi connectivity index (χ1) is 8.24. The lowest BCUT2D eigenvalue weighted by atomic mass is 10.2. The van der Waals surface area contributed by atoms with E-state index in [1.54, 1.807) is 24.5 Å². The van der Waals surface area contributed by atoms with E-state index in [1.807, 2.05) is 25.4 Å². The van der Waals surface area contributed by atoms with Crippen LogP contribution in [0.1, 0.15) is 4.88 Å². The van der Waals surface area contributed by atoms with Gasteiger partial charge < -0.3 is 10.1 Å². The van der Waals surface area contributed by atoms with E-state index in [0.29, 0.717) is 5.02 Å². The van der Waals surface area contributed by atoms with E-state index in [1.165, 1.54) is 4.88 Å². The molecule has 3 nitrogen and oxygen atoms in total. The molecule has 1 aromatic carbocycles. The summed E-state index contributed by atoms with van der Waals surface area (Å²) in [5.74, 6) is 0.753. The predicted octanol–water partition coefficient (Wildman–Crippen LogP) is 3.19. The predicted molar refractivity (Wildman–Crippen MR) is 71.9 cm³/mol. The Morgan fingerprint density at radius 2 is 2.29 bits per heavy atom. The monoisotopic (exact) mass is 268 g/mol. The van der Waals surface area contributed by atoms with Gasteiger partial charge in [0.25, 0.3) is 0 Å². The molecule has 2 aromatic rings. The average molecular weight is 269 g/mol. The Morgan fingerprint density at radius 3 is 3.00 bits per heavy atom. The van der Waals surface area contributed by atoms with Crippen molar-refractivity contribution in [1.29, 1.82) is 0 Å². The molecule has 0 aliphatic carbocycles. The van der Waals surface area contributed by atoms with Gasteiger partial charge in [0.2, 0.25) is 0 Å². The third kappa shape index (κ3) is 2.77. The summed E-state index contributed by atoms with van der Waals surface area (Å²) in [4.78, 5) is 5.59. The molecule has 5 heteroatoms. The molecule has 2 rings (SSSR count). The SMILES string of the molecule is CNCc1cnc(-c2ccc(Cl)cc2OC)s1. The fourth-order valence-corrected chi connectivity index (χ4v) is 2.65. The van der Waals surface area contributed by atoms with E-state index in [0.717, 1.165) is 22.9 Å². The molecule has 0 radical (unpaired) electrons. The van der Waals surface area contributed by atoms with E-state index in [2.05, 4.69) is 10.3 Å². The first kappa shape index (κ1) is 12.4. The summed E-state index contributed by atoms with van der Waals surface area (Å²) in [6.45, 7) is 0.827. The van der Waals surface area contributed by atoms with Crippen LogP contribution in [-0.4, -0.2) is 19.1 Å². The first-order valence-corrected chi connectivity index (χ1v) is 6.37. The van der Waals surface area contributed by atoms with E-state index in [-0.39, 0.29) is 0 Å². The Kier molecular flexibility index (Phi) is 3.99. The number of hydrogen-bond donors (Lipinski definition) is 1. The Hall–Kier alpha value is -1.10. The van der Waals surface area contributed by atoms with Gasteiger partial charge in [0.15, 0.2) is 0 Å². The summed E-state index contributed by atoms with van der Waals surface area (Å²) in [5, 5.41) is 4.72. The van der Waals surface area contributed by atoms with Crippen molar-refractivity contribution in [3.63, 3.8) is 0 Å². The maximum Gasteiger partial charge on any atom is 0.130 e. The Bertz CT molecular complexity index is 513. The van der Waals surface area contributed by atoms with Crippen molar-refractivity contribution in [2.75, 3.05) is 14.2 Å². The van der Waals surface area contributed by atoms with Gasteiger partial charge in [0.1, 0.15) is 10.8 Å². The lowest BCUT2D eigenvalue weighted by molar-refractivity contribution is 0.416. The van der Waals surface area contributed by atoms with Crippen molar-refractivity contribution >= 4 is 22.9 Å². The Labute approximate surface area is 109 Å². The highest BCUT2D eigenvalue weighted by molar-refractivity contribution is 7.15. The zero-order valence-corrected chi connectivity index (χ0v) is 11.2. The molecule has 17 heavy (non-hydrogen) atoms. The van der Waals surface area contributed by atoms with Crippen LogP contribution in [0.5, 0.6) is 5.75 Å². The smallest absolute Gasteiger partial charge is 0.130 e. The van der Waals surface area contributed by atoms with Crippen LogP contribution in [0.15, 0.2) is 24.4 Å². The highest BCUT2D eigenvalue weighted by Gasteiger charge is 2.10. The third-order valence-electron chi connectivity index (χ3n) is 2.30. The van der Waals surface area contributed by atoms with Crippen LogP contribution in [0.3, 0.4) is 0 Å². The molecule has 0 unspecified atom stereocenters.